The third-order valence-corrected chi connectivity index (χ3v) is 6.63. The van der Waals surface area contributed by atoms with Crippen LogP contribution in [-0.2, 0) is 14.3 Å². The Morgan fingerprint density at radius 3 is 1.55 bits per heavy atom. The topological polar surface area (TPSA) is 55.8 Å². The first-order chi connectivity index (χ1) is 19.7. The van der Waals surface area contributed by atoms with Crippen LogP contribution in [0.4, 0.5) is 0 Å². The Morgan fingerprint density at radius 2 is 1.07 bits per heavy atom. The lowest BCUT2D eigenvalue weighted by Gasteiger charge is -2.15. The first-order valence-corrected chi connectivity index (χ1v) is 16.4. The molecule has 0 aliphatic heterocycles. The summed E-state index contributed by atoms with van der Waals surface area (Å²) in [5.41, 5.74) is 0. The SMILES string of the molecule is CC/C=C\C/C=C\C/C=C\C/C=C\C/C=C\CCOCC(CO)OC(=O)CCCCCCCCCCCCCC. The van der Waals surface area contributed by atoms with Gasteiger partial charge in [0, 0.05) is 6.42 Å². The highest BCUT2D eigenvalue weighted by Gasteiger charge is 2.13. The summed E-state index contributed by atoms with van der Waals surface area (Å²) in [5, 5.41) is 9.50. The minimum Gasteiger partial charge on any atom is -0.457 e. The standard InChI is InChI=1S/C36H62O4/c1-3-5-7-9-11-13-15-17-18-19-20-22-24-26-28-30-32-39-34-35(33-37)40-36(38)31-29-27-25-23-21-16-14-12-10-8-6-4-2/h5,7,11,13,17-18,20,22,26,28,35,37H,3-4,6,8-10,12,14-16,19,21,23-25,27,29-34H2,1-2H3/b7-5-,13-11-,18-17-,22-20-,28-26-. The van der Waals surface area contributed by atoms with Crippen molar-refractivity contribution in [1.29, 1.82) is 0 Å². The van der Waals surface area contributed by atoms with Crippen LogP contribution in [0.25, 0.3) is 0 Å². The van der Waals surface area contributed by atoms with E-state index in [1.54, 1.807) is 0 Å². The van der Waals surface area contributed by atoms with E-state index in [4.69, 9.17) is 9.47 Å². The molecule has 0 radical (unpaired) electrons. The van der Waals surface area contributed by atoms with Gasteiger partial charge < -0.3 is 14.6 Å². The normalized spacial score (nSPS) is 13.2. The van der Waals surface area contributed by atoms with Crippen LogP contribution in [0.5, 0.6) is 0 Å². The minimum absolute atomic E-state index is 0.203. The fourth-order valence-electron chi connectivity index (χ4n) is 4.21. The fraction of sp³-hybridized carbons (Fsp3) is 0.694. The molecule has 230 valence electrons. The second-order valence-electron chi connectivity index (χ2n) is 10.5. The maximum atomic E-state index is 12.1. The highest BCUT2D eigenvalue weighted by Crippen LogP contribution is 2.13. The molecule has 0 rings (SSSR count). The second-order valence-corrected chi connectivity index (χ2v) is 10.5. The third kappa shape index (κ3) is 30.6. The van der Waals surface area contributed by atoms with Gasteiger partial charge in [0.25, 0.3) is 0 Å². The second kappa shape index (κ2) is 33.3. The largest absolute Gasteiger partial charge is 0.457 e. The third-order valence-electron chi connectivity index (χ3n) is 6.63. The number of unbranched alkanes of at least 4 members (excludes halogenated alkanes) is 11. The van der Waals surface area contributed by atoms with Crippen LogP contribution in [0.3, 0.4) is 0 Å². The molecule has 1 N–H and O–H groups in total. The number of hydrogen-bond acceptors (Lipinski definition) is 4. The molecular formula is C36H62O4. The van der Waals surface area contributed by atoms with Crippen LogP contribution in [0.2, 0.25) is 0 Å². The molecule has 0 amide bonds. The van der Waals surface area contributed by atoms with Crippen molar-refractivity contribution in [3.05, 3.63) is 60.8 Å². The first kappa shape index (κ1) is 38.1. The average molecular weight is 559 g/mol. The number of hydrogen-bond donors (Lipinski definition) is 1. The molecule has 0 heterocycles. The molecule has 0 fully saturated rings. The number of aliphatic hydroxyl groups is 1. The Bertz CT molecular complexity index is 674. The van der Waals surface area contributed by atoms with Gasteiger partial charge in [0.2, 0.25) is 0 Å². The molecule has 4 heteroatoms. The van der Waals surface area contributed by atoms with Crippen molar-refractivity contribution in [3.63, 3.8) is 0 Å². The van der Waals surface area contributed by atoms with Crippen molar-refractivity contribution < 1.29 is 19.4 Å². The monoisotopic (exact) mass is 558 g/mol. The molecule has 0 bridgehead atoms. The van der Waals surface area contributed by atoms with Crippen LogP contribution >= 0.6 is 0 Å². The maximum absolute atomic E-state index is 12.1. The van der Waals surface area contributed by atoms with Crippen molar-refractivity contribution in [2.75, 3.05) is 19.8 Å². The van der Waals surface area contributed by atoms with Gasteiger partial charge in [0.15, 0.2) is 0 Å². The molecule has 40 heavy (non-hydrogen) atoms. The zero-order valence-electron chi connectivity index (χ0n) is 26.1. The summed E-state index contributed by atoms with van der Waals surface area (Å²) >= 11 is 0. The molecule has 1 unspecified atom stereocenters. The van der Waals surface area contributed by atoms with Crippen molar-refractivity contribution in [2.45, 2.75) is 142 Å². The lowest BCUT2D eigenvalue weighted by atomic mass is 10.0. The quantitative estimate of drug-likeness (QED) is 0.0564. The first-order valence-electron chi connectivity index (χ1n) is 16.4. The van der Waals surface area contributed by atoms with Gasteiger partial charge in [-0.1, -0.05) is 145 Å². The molecular weight excluding hydrogens is 496 g/mol. The van der Waals surface area contributed by atoms with Crippen molar-refractivity contribution in [3.8, 4) is 0 Å². The molecule has 0 aromatic carbocycles. The Balaban J connectivity index is 3.61. The van der Waals surface area contributed by atoms with Gasteiger partial charge in [-0.05, 0) is 44.9 Å². The van der Waals surface area contributed by atoms with Gasteiger partial charge in [-0.15, -0.1) is 0 Å². The molecule has 0 aromatic heterocycles. The number of ether oxygens (including phenoxy) is 2. The van der Waals surface area contributed by atoms with Crippen molar-refractivity contribution in [1.82, 2.24) is 0 Å². The minimum atomic E-state index is -0.571. The number of aliphatic hydroxyl groups excluding tert-OH is 1. The van der Waals surface area contributed by atoms with Crippen LogP contribution in [0.1, 0.15) is 136 Å². The van der Waals surface area contributed by atoms with E-state index in [0.717, 1.165) is 51.4 Å². The molecule has 0 aromatic rings. The highest BCUT2D eigenvalue weighted by molar-refractivity contribution is 5.69. The summed E-state index contributed by atoms with van der Waals surface area (Å²) in [6.07, 6.45) is 42.7. The molecule has 4 nitrogen and oxygen atoms in total. The van der Waals surface area contributed by atoms with E-state index in [0.29, 0.717) is 13.0 Å². The molecule has 0 saturated carbocycles. The molecule has 0 aliphatic carbocycles. The predicted molar refractivity (Wildman–Crippen MR) is 173 cm³/mol. The lowest BCUT2D eigenvalue weighted by molar-refractivity contribution is -0.154. The van der Waals surface area contributed by atoms with E-state index < -0.39 is 6.10 Å². The summed E-state index contributed by atoms with van der Waals surface area (Å²) in [5.74, 6) is -0.229. The zero-order chi connectivity index (χ0) is 29.2. The van der Waals surface area contributed by atoms with E-state index >= 15 is 0 Å². The van der Waals surface area contributed by atoms with Crippen LogP contribution in [-0.4, -0.2) is 37.0 Å². The predicted octanol–water partition coefficient (Wildman–Crippen LogP) is 10.1. The van der Waals surface area contributed by atoms with Gasteiger partial charge in [-0.2, -0.15) is 0 Å². The number of carbonyl (C=O) groups excluding carboxylic acids is 1. The summed E-state index contributed by atoms with van der Waals surface area (Å²) in [4.78, 5) is 12.1. The fourth-order valence-corrected chi connectivity index (χ4v) is 4.21. The Morgan fingerprint density at radius 1 is 0.625 bits per heavy atom. The van der Waals surface area contributed by atoms with E-state index in [9.17, 15) is 9.90 Å². The van der Waals surface area contributed by atoms with Gasteiger partial charge in [-0.3, -0.25) is 4.79 Å². The number of esters is 1. The van der Waals surface area contributed by atoms with Gasteiger partial charge >= 0.3 is 5.97 Å². The highest BCUT2D eigenvalue weighted by atomic mass is 16.6. The van der Waals surface area contributed by atoms with E-state index in [-0.39, 0.29) is 19.2 Å². The van der Waals surface area contributed by atoms with Crippen LogP contribution < -0.4 is 0 Å². The number of allylic oxidation sites excluding steroid dienone is 9. The zero-order valence-corrected chi connectivity index (χ0v) is 26.1. The lowest BCUT2D eigenvalue weighted by Crippen LogP contribution is -2.27. The number of carbonyl (C=O) groups is 1. The number of rotatable bonds is 29. The Labute approximate surface area is 247 Å². The molecule has 0 aliphatic rings. The van der Waals surface area contributed by atoms with Crippen molar-refractivity contribution in [2.24, 2.45) is 0 Å². The molecule has 0 spiro atoms. The summed E-state index contributed by atoms with van der Waals surface area (Å²) in [6.45, 7) is 5.00. The van der Waals surface area contributed by atoms with Gasteiger partial charge in [-0.25, -0.2) is 0 Å². The maximum Gasteiger partial charge on any atom is 0.306 e. The van der Waals surface area contributed by atoms with Crippen LogP contribution in [0, 0.1) is 0 Å². The van der Waals surface area contributed by atoms with Crippen molar-refractivity contribution >= 4 is 5.97 Å². The van der Waals surface area contributed by atoms with Crippen LogP contribution in [0.15, 0.2) is 60.8 Å². The smallest absolute Gasteiger partial charge is 0.306 e. The molecule has 0 saturated heterocycles. The summed E-state index contributed by atoms with van der Waals surface area (Å²) in [6, 6.07) is 0. The Kier molecular flexibility index (Phi) is 31.7. The summed E-state index contributed by atoms with van der Waals surface area (Å²) in [7, 11) is 0. The van der Waals surface area contributed by atoms with E-state index in [2.05, 4.69) is 74.6 Å². The van der Waals surface area contributed by atoms with Gasteiger partial charge in [0.05, 0.1) is 19.8 Å². The van der Waals surface area contributed by atoms with Gasteiger partial charge in [0.1, 0.15) is 6.10 Å². The van der Waals surface area contributed by atoms with E-state index in [1.807, 2.05) is 0 Å². The summed E-state index contributed by atoms with van der Waals surface area (Å²) < 4.78 is 11.0. The average Bonchev–Trinajstić information content (AvgIpc) is 2.96. The van der Waals surface area contributed by atoms with E-state index in [1.165, 1.54) is 64.2 Å². The Hall–Kier alpha value is -1.91. The molecule has 1 atom stereocenters.